The van der Waals surface area contributed by atoms with Crippen LogP contribution < -0.4 is 0 Å². The molecule has 0 spiro atoms. The zero-order chi connectivity index (χ0) is 16.5. The summed E-state index contributed by atoms with van der Waals surface area (Å²) in [5.74, 6) is 0. The van der Waals surface area contributed by atoms with E-state index in [1.165, 1.54) is 30.0 Å². The Balaban J connectivity index is 0. The second-order valence-electron chi connectivity index (χ2n) is 5.54. The molecule has 2 aromatic rings. The molecule has 0 bridgehead atoms. The fourth-order valence-electron chi connectivity index (χ4n) is 1.93. The second kappa shape index (κ2) is 13.8. The van der Waals surface area contributed by atoms with Crippen molar-refractivity contribution in [2.45, 2.75) is 55.4 Å². The van der Waals surface area contributed by atoms with E-state index in [0.29, 0.717) is 0 Å². The molecule has 0 aromatic heterocycles. The van der Waals surface area contributed by atoms with Gasteiger partial charge < -0.3 is 0 Å². The Labute approximate surface area is 171 Å². The molecular weight excluding hydrogens is 632 g/mol. The van der Waals surface area contributed by atoms with Crippen LogP contribution in [0.25, 0.3) is 0 Å². The Bertz CT molecular complexity index is 625. The van der Waals surface area contributed by atoms with Crippen LogP contribution in [0.4, 0.5) is 0 Å². The molecule has 0 N–H and O–H groups in total. The van der Waals surface area contributed by atoms with Crippen molar-refractivity contribution in [1.82, 2.24) is 0 Å². The number of benzene rings is 2. The molecule has 2 rings (SSSR count). The Morgan fingerprint density at radius 1 is 0.833 bits per heavy atom. The van der Waals surface area contributed by atoms with Crippen LogP contribution >= 0.6 is 0 Å². The van der Waals surface area contributed by atoms with Crippen LogP contribution in [0.5, 0.6) is 0 Å². The Morgan fingerprint density at radius 3 is 1.88 bits per heavy atom. The Kier molecular flexibility index (Phi) is 14.8. The summed E-state index contributed by atoms with van der Waals surface area (Å²) in [5.41, 5.74) is 5.24. The van der Waals surface area contributed by atoms with Crippen LogP contribution in [0.15, 0.2) is 36.4 Å². The van der Waals surface area contributed by atoms with E-state index in [1.807, 2.05) is 12.1 Å². The summed E-state index contributed by atoms with van der Waals surface area (Å²) < 4.78 is 3.04. The SMILES string of the molecule is C.C.C[C](=[W])Cc1[c-]cc(C)cc1.C[C](=[W])Cc1[c-]ccc(C)c1. The molecule has 2 aromatic carbocycles. The van der Waals surface area contributed by atoms with Crippen LogP contribution in [0.2, 0.25) is 0 Å². The summed E-state index contributed by atoms with van der Waals surface area (Å²) in [6.07, 6.45) is 2.19. The summed E-state index contributed by atoms with van der Waals surface area (Å²) >= 11 is 3.16. The maximum atomic E-state index is 3.26. The Hall–Kier alpha value is -0.443. The molecule has 132 valence electrons. The second-order valence-corrected chi connectivity index (χ2v) is 10.5. The first-order chi connectivity index (χ1) is 10.4. The summed E-state index contributed by atoms with van der Waals surface area (Å²) in [6.45, 7) is 8.58. The molecule has 0 atom stereocenters. The van der Waals surface area contributed by atoms with Crippen LogP contribution in [0.1, 0.15) is 51.0 Å². The van der Waals surface area contributed by atoms with E-state index in [-0.39, 0.29) is 14.9 Å². The predicted molar refractivity (Wildman–Crippen MR) is 102 cm³/mol. The van der Waals surface area contributed by atoms with Gasteiger partial charge in [-0.2, -0.15) is 0 Å². The molecule has 0 nitrogen and oxygen atoms in total. The van der Waals surface area contributed by atoms with E-state index in [9.17, 15) is 0 Å². The fourth-order valence-corrected chi connectivity index (χ4v) is 3.05. The first-order valence-corrected chi connectivity index (χ1v) is 10.2. The minimum atomic E-state index is 0. The van der Waals surface area contributed by atoms with Crippen molar-refractivity contribution < 1.29 is 38.7 Å². The van der Waals surface area contributed by atoms with Crippen molar-refractivity contribution in [2.75, 3.05) is 0 Å². The molecule has 2 heteroatoms. The van der Waals surface area contributed by atoms with E-state index in [4.69, 9.17) is 0 Å². The third kappa shape index (κ3) is 12.0. The fraction of sp³-hybridized carbons (Fsp3) is 0.364. The quantitative estimate of drug-likeness (QED) is 0.384. The topological polar surface area (TPSA) is 0 Å². The zero-order valence-corrected chi connectivity index (χ0v) is 19.6. The van der Waals surface area contributed by atoms with Gasteiger partial charge in [-0.1, -0.05) is 14.9 Å². The molecular formula is C22H30W2-2. The molecule has 0 saturated carbocycles. The van der Waals surface area contributed by atoms with Crippen molar-refractivity contribution in [2.24, 2.45) is 0 Å². The number of hydrogen-bond acceptors (Lipinski definition) is 0. The van der Waals surface area contributed by atoms with Crippen LogP contribution in [0, 0.1) is 26.0 Å². The predicted octanol–water partition coefficient (Wildman–Crippen LogP) is 5.43. The first kappa shape index (κ1) is 25.8. The van der Waals surface area contributed by atoms with Gasteiger partial charge in [0.2, 0.25) is 0 Å². The molecule has 0 aliphatic rings. The first-order valence-electron chi connectivity index (χ1n) is 7.30. The normalized spacial score (nSPS) is 8.83. The molecule has 0 unspecified atom stereocenters. The number of aryl methyl sites for hydroxylation is 2. The van der Waals surface area contributed by atoms with Gasteiger partial charge in [0.15, 0.2) is 0 Å². The minimum absolute atomic E-state index is 0. The van der Waals surface area contributed by atoms with Gasteiger partial charge >= 0.3 is 158 Å². The van der Waals surface area contributed by atoms with E-state index >= 15 is 0 Å². The third-order valence-electron chi connectivity index (χ3n) is 2.93. The molecule has 0 aliphatic heterocycles. The van der Waals surface area contributed by atoms with E-state index in [0.717, 1.165) is 12.8 Å². The van der Waals surface area contributed by atoms with Crippen molar-refractivity contribution in [1.29, 1.82) is 0 Å². The van der Waals surface area contributed by atoms with Crippen LogP contribution in [0.3, 0.4) is 0 Å². The van der Waals surface area contributed by atoms with Crippen LogP contribution in [-0.2, 0) is 51.5 Å². The van der Waals surface area contributed by atoms with Gasteiger partial charge in [-0.15, -0.1) is 0 Å². The summed E-state index contributed by atoms with van der Waals surface area (Å²) in [5, 5.41) is 0. The summed E-state index contributed by atoms with van der Waals surface area (Å²) in [6, 6.07) is 19.1. The van der Waals surface area contributed by atoms with Gasteiger partial charge in [-0.05, 0) is 0 Å². The third-order valence-corrected chi connectivity index (χ3v) is 3.97. The Morgan fingerprint density at radius 2 is 1.42 bits per heavy atom. The summed E-state index contributed by atoms with van der Waals surface area (Å²) in [7, 11) is 0. The molecule has 24 heavy (non-hydrogen) atoms. The molecule has 0 saturated heterocycles. The van der Waals surface area contributed by atoms with Gasteiger partial charge in [0.25, 0.3) is 0 Å². The van der Waals surface area contributed by atoms with Crippen molar-refractivity contribution in [3.63, 3.8) is 0 Å². The van der Waals surface area contributed by atoms with Gasteiger partial charge in [-0.3, -0.25) is 0 Å². The molecule has 0 radical (unpaired) electrons. The standard InChI is InChI=1S/2C10H11.2CH4.2W/c1-3-5-10-7-4-6-9(2)8-10;1-3-4-10-7-5-9(2)6-8-10;;;;/h4,6,8H,5H2,1-2H3;5-7H,4H2,1-2H3;2*1H4;;/q2*-1;;;;. The molecule has 0 aliphatic carbocycles. The molecule has 0 amide bonds. The van der Waals surface area contributed by atoms with E-state index < -0.39 is 0 Å². The zero-order valence-electron chi connectivity index (χ0n) is 13.7. The van der Waals surface area contributed by atoms with Crippen molar-refractivity contribution in [3.05, 3.63) is 70.8 Å². The van der Waals surface area contributed by atoms with Gasteiger partial charge in [0.1, 0.15) is 0 Å². The van der Waals surface area contributed by atoms with Crippen molar-refractivity contribution >= 4 is 7.80 Å². The van der Waals surface area contributed by atoms with Gasteiger partial charge in [0, 0.05) is 0 Å². The van der Waals surface area contributed by atoms with E-state index in [2.05, 4.69) is 64.1 Å². The molecule has 0 fully saturated rings. The monoisotopic (exact) mass is 662 g/mol. The maximum absolute atomic E-state index is 3.26. The average Bonchev–Trinajstić information content (AvgIpc) is 2.41. The molecule has 0 heterocycles. The van der Waals surface area contributed by atoms with E-state index in [1.54, 1.807) is 38.7 Å². The number of hydrogen-bond donors (Lipinski definition) is 0. The van der Waals surface area contributed by atoms with Crippen LogP contribution in [-0.4, -0.2) is 7.80 Å². The summed E-state index contributed by atoms with van der Waals surface area (Å²) in [4.78, 5) is 0. The average molecular weight is 662 g/mol. The van der Waals surface area contributed by atoms with Gasteiger partial charge in [-0.25, -0.2) is 0 Å². The number of rotatable bonds is 4. The van der Waals surface area contributed by atoms with Crippen molar-refractivity contribution in [3.8, 4) is 0 Å². The van der Waals surface area contributed by atoms with Gasteiger partial charge in [0.05, 0.1) is 0 Å².